The summed E-state index contributed by atoms with van der Waals surface area (Å²) in [6, 6.07) is 7.13. The van der Waals surface area contributed by atoms with E-state index >= 15 is 0 Å². The monoisotopic (exact) mass is 590 g/mol. The summed E-state index contributed by atoms with van der Waals surface area (Å²) in [5.74, 6) is -0.215. The third-order valence-electron chi connectivity index (χ3n) is 14.6. The van der Waals surface area contributed by atoms with E-state index in [1.54, 1.807) is 18.2 Å². The Labute approximate surface area is 258 Å². The predicted molar refractivity (Wildman–Crippen MR) is 169 cm³/mol. The number of carbonyl (C=O) groups is 2. The summed E-state index contributed by atoms with van der Waals surface area (Å²) in [4.78, 5) is 24.4. The number of hydrogen-bond acceptors (Lipinski definition) is 3. The molecular formula is C38H54O5. The summed E-state index contributed by atoms with van der Waals surface area (Å²) < 4.78 is 6.63. The molecule has 43 heavy (non-hydrogen) atoms. The first-order valence-corrected chi connectivity index (χ1v) is 16.9. The van der Waals surface area contributed by atoms with Crippen molar-refractivity contribution in [1.29, 1.82) is 0 Å². The van der Waals surface area contributed by atoms with E-state index < -0.39 is 17.4 Å². The molecule has 4 saturated carbocycles. The zero-order valence-corrected chi connectivity index (χ0v) is 27.6. The van der Waals surface area contributed by atoms with Crippen molar-refractivity contribution in [3.8, 4) is 0 Å². The number of carboxylic acid groups (broad SMARTS) is 2. The number of aromatic carboxylic acids is 1. The molecular weight excluding hydrogens is 536 g/mol. The van der Waals surface area contributed by atoms with Gasteiger partial charge in [0.1, 0.15) is 0 Å². The van der Waals surface area contributed by atoms with Crippen LogP contribution in [0.4, 0.5) is 0 Å². The van der Waals surface area contributed by atoms with Crippen LogP contribution in [0.1, 0.15) is 129 Å². The molecule has 0 spiro atoms. The molecule has 0 aromatic heterocycles. The lowest BCUT2D eigenvalue weighted by molar-refractivity contribution is -0.214. The number of benzene rings is 1. The zero-order chi connectivity index (χ0) is 31.2. The Morgan fingerprint density at radius 2 is 1.60 bits per heavy atom. The third kappa shape index (κ3) is 4.41. The normalized spacial score (nSPS) is 42.8. The van der Waals surface area contributed by atoms with Gasteiger partial charge in [-0.1, -0.05) is 72.2 Å². The van der Waals surface area contributed by atoms with E-state index in [-0.39, 0.29) is 39.1 Å². The van der Waals surface area contributed by atoms with Crippen LogP contribution in [0.5, 0.6) is 0 Å². The van der Waals surface area contributed by atoms with Crippen LogP contribution in [0.3, 0.4) is 0 Å². The second-order valence-corrected chi connectivity index (χ2v) is 17.3. The fourth-order valence-corrected chi connectivity index (χ4v) is 11.9. The Kier molecular flexibility index (Phi) is 7.13. The van der Waals surface area contributed by atoms with E-state index in [9.17, 15) is 19.8 Å². The van der Waals surface area contributed by atoms with E-state index in [0.717, 1.165) is 56.9 Å². The van der Waals surface area contributed by atoms with E-state index in [1.807, 2.05) is 6.07 Å². The number of ether oxygens (including phenoxy) is 1. The van der Waals surface area contributed by atoms with Gasteiger partial charge in [-0.15, -0.1) is 0 Å². The Morgan fingerprint density at radius 3 is 2.30 bits per heavy atom. The molecule has 1 aromatic rings. The first-order valence-electron chi connectivity index (χ1n) is 16.9. The SMILES string of the molecule is CC1(C)CC[C@]2(C(=O)O)CC[C@]3(C)C(=CC[C@H]4[C@@]5(C)CC[C@H](OCc6cccc(C(=O)O)c6)C(C)(C)[C@@H]5CC[C@]43C)[C@H]2C1. The van der Waals surface area contributed by atoms with Crippen LogP contribution in [-0.2, 0) is 16.1 Å². The van der Waals surface area contributed by atoms with Crippen molar-refractivity contribution in [2.45, 2.75) is 125 Å². The Hall–Kier alpha value is -2.14. The molecule has 2 N–H and O–H groups in total. The van der Waals surface area contributed by atoms with Crippen molar-refractivity contribution in [2.75, 3.05) is 0 Å². The average Bonchev–Trinajstić information content (AvgIpc) is 2.92. The fourth-order valence-electron chi connectivity index (χ4n) is 11.9. The van der Waals surface area contributed by atoms with Crippen molar-refractivity contribution in [2.24, 2.45) is 50.2 Å². The molecule has 0 amide bonds. The summed E-state index contributed by atoms with van der Waals surface area (Å²) in [5, 5.41) is 20.1. The fraction of sp³-hybridized carbons (Fsp3) is 0.737. The number of rotatable bonds is 5. The lowest BCUT2D eigenvalue weighted by Gasteiger charge is -2.71. The molecule has 0 saturated heterocycles. The number of allylic oxidation sites excluding steroid dienone is 2. The second kappa shape index (κ2) is 9.93. The molecule has 5 nitrogen and oxygen atoms in total. The van der Waals surface area contributed by atoms with Gasteiger partial charge in [0.25, 0.3) is 0 Å². The molecule has 0 aliphatic heterocycles. The number of carboxylic acids is 2. The molecule has 5 aliphatic carbocycles. The molecule has 5 aliphatic rings. The molecule has 1 aromatic carbocycles. The molecule has 0 radical (unpaired) electrons. The third-order valence-corrected chi connectivity index (χ3v) is 14.6. The van der Waals surface area contributed by atoms with Gasteiger partial charge in [0.05, 0.1) is 23.7 Å². The van der Waals surface area contributed by atoms with Crippen LogP contribution in [-0.4, -0.2) is 28.3 Å². The first-order chi connectivity index (χ1) is 20.0. The predicted octanol–water partition coefficient (Wildman–Crippen LogP) is 9.16. The highest BCUT2D eigenvalue weighted by molar-refractivity contribution is 5.87. The Bertz CT molecular complexity index is 1340. The Morgan fingerprint density at radius 1 is 0.884 bits per heavy atom. The second-order valence-electron chi connectivity index (χ2n) is 17.3. The summed E-state index contributed by atoms with van der Waals surface area (Å²) in [7, 11) is 0. The van der Waals surface area contributed by atoms with Gasteiger partial charge >= 0.3 is 11.9 Å². The lowest BCUT2D eigenvalue weighted by Crippen LogP contribution is -2.65. The van der Waals surface area contributed by atoms with Crippen LogP contribution >= 0.6 is 0 Å². The van der Waals surface area contributed by atoms with Crippen molar-refractivity contribution >= 4 is 11.9 Å². The molecule has 8 atom stereocenters. The van der Waals surface area contributed by atoms with Crippen molar-refractivity contribution in [3.05, 3.63) is 47.0 Å². The maximum absolute atomic E-state index is 12.9. The highest BCUT2D eigenvalue weighted by Gasteiger charge is 2.69. The number of aliphatic carboxylic acids is 1. The number of fused-ring (bicyclic) bond motifs is 7. The summed E-state index contributed by atoms with van der Waals surface area (Å²) in [6.07, 6.45) is 12.8. The largest absolute Gasteiger partial charge is 0.481 e. The highest BCUT2D eigenvalue weighted by Crippen LogP contribution is 2.75. The summed E-state index contributed by atoms with van der Waals surface area (Å²) >= 11 is 0. The van der Waals surface area contributed by atoms with Crippen molar-refractivity contribution in [1.82, 2.24) is 0 Å². The molecule has 4 fully saturated rings. The highest BCUT2D eigenvalue weighted by atomic mass is 16.5. The van der Waals surface area contributed by atoms with Crippen LogP contribution < -0.4 is 0 Å². The summed E-state index contributed by atoms with van der Waals surface area (Å²) in [5.41, 5.74) is 2.69. The van der Waals surface area contributed by atoms with Crippen LogP contribution in [0.15, 0.2) is 35.9 Å². The van der Waals surface area contributed by atoms with E-state index in [2.05, 4.69) is 54.5 Å². The average molecular weight is 591 g/mol. The van der Waals surface area contributed by atoms with E-state index in [4.69, 9.17) is 4.74 Å². The minimum atomic E-state index is -0.905. The quantitative estimate of drug-likeness (QED) is 0.334. The van der Waals surface area contributed by atoms with Gasteiger partial charge in [-0.2, -0.15) is 0 Å². The van der Waals surface area contributed by atoms with E-state index in [1.165, 1.54) is 18.4 Å². The lowest BCUT2D eigenvalue weighted by atomic mass is 9.33. The van der Waals surface area contributed by atoms with Crippen LogP contribution in [0, 0.1) is 50.2 Å². The summed E-state index contributed by atoms with van der Waals surface area (Å²) in [6.45, 7) is 17.6. The van der Waals surface area contributed by atoms with Crippen LogP contribution in [0.2, 0.25) is 0 Å². The topological polar surface area (TPSA) is 83.8 Å². The first kappa shape index (κ1) is 30.9. The van der Waals surface area contributed by atoms with E-state index in [0.29, 0.717) is 24.0 Å². The van der Waals surface area contributed by atoms with Gasteiger partial charge in [-0.05, 0) is 127 Å². The van der Waals surface area contributed by atoms with Gasteiger partial charge in [-0.25, -0.2) is 4.79 Å². The van der Waals surface area contributed by atoms with Gasteiger partial charge in [0, 0.05) is 0 Å². The maximum atomic E-state index is 12.9. The molecule has 6 rings (SSSR count). The molecule has 0 bridgehead atoms. The van der Waals surface area contributed by atoms with Gasteiger partial charge in [-0.3, -0.25) is 4.79 Å². The van der Waals surface area contributed by atoms with Crippen molar-refractivity contribution in [3.63, 3.8) is 0 Å². The van der Waals surface area contributed by atoms with Gasteiger partial charge < -0.3 is 14.9 Å². The molecule has 0 heterocycles. The standard InChI is InChI=1S/C38H54O5/c1-33(2)17-19-38(32(41)42)20-18-36(6)26(27(38)22-33)11-12-29-35(5)15-14-30(34(3,4)28(35)13-16-37(29,36)7)43-23-24-9-8-10-25(21-24)31(39)40/h8-11,21,27-30H,12-20,22-23H2,1-7H3,(H,39,40)(H,41,42)/t27-,28+,29+,30+,35+,36-,37-,38+/m1/s1. The van der Waals surface area contributed by atoms with Crippen molar-refractivity contribution < 1.29 is 24.5 Å². The minimum absolute atomic E-state index is 0.00204. The minimum Gasteiger partial charge on any atom is -0.481 e. The van der Waals surface area contributed by atoms with Crippen LogP contribution in [0.25, 0.3) is 0 Å². The molecule has 236 valence electrons. The Balaban J connectivity index is 1.28. The van der Waals surface area contributed by atoms with Gasteiger partial charge in [0.15, 0.2) is 0 Å². The maximum Gasteiger partial charge on any atom is 0.335 e. The smallest absolute Gasteiger partial charge is 0.335 e. The molecule has 5 heteroatoms. The van der Waals surface area contributed by atoms with Gasteiger partial charge in [0.2, 0.25) is 0 Å². The zero-order valence-electron chi connectivity index (χ0n) is 27.6. The number of hydrogen-bond donors (Lipinski definition) is 2. The molecule has 0 unspecified atom stereocenters.